The number of amides is 1. The highest BCUT2D eigenvalue weighted by Gasteiger charge is 2.38. The van der Waals surface area contributed by atoms with Gasteiger partial charge in [-0.15, -0.1) is 0 Å². The van der Waals surface area contributed by atoms with E-state index in [9.17, 15) is 18.0 Å². The number of aromatic nitrogens is 2. The minimum absolute atomic E-state index is 0.0466. The molecule has 1 fully saturated rings. The first kappa shape index (κ1) is 21.9. The summed E-state index contributed by atoms with van der Waals surface area (Å²) in [6.07, 6.45) is -0.869. The first-order valence-corrected chi connectivity index (χ1v) is 8.28. The molecule has 1 aliphatic heterocycles. The Balaban J connectivity index is 0.000000412. The zero-order valence-electron chi connectivity index (χ0n) is 15.2. The number of nitrogens with zero attached hydrogens (tertiary/aromatic N) is 4. The van der Waals surface area contributed by atoms with E-state index in [0.29, 0.717) is 5.69 Å². The van der Waals surface area contributed by atoms with Gasteiger partial charge in [-0.3, -0.25) is 9.48 Å². The molecule has 10 heteroatoms. The van der Waals surface area contributed by atoms with Crippen molar-refractivity contribution >= 4 is 11.9 Å². The van der Waals surface area contributed by atoms with Crippen LogP contribution in [0, 0.1) is 5.92 Å². The molecular weight excluding hydrogens is 353 g/mol. The lowest BCUT2D eigenvalue weighted by atomic mass is 9.99. The van der Waals surface area contributed by atoms with Crippen LogP contribution in [-0.4, -0.2) is 76.0 Å². The summed E-state index contributed by atoms with van der Waals surface area (Å²) >= 11 is 0. The number of halogens is 3. The average Bonchev–Trinajstić information content (AvgIpc) is 2.99. The molecular formula is C16H25F3N4O3. The van der Waals surface area contributed by atoms with Gasteiger partial charge in [0, 0.05) is 33.4 Å². The number of carboxylic acid groups (broad SMARTS) is 1. The topological polar surface area (TPSA) is 78.7 Å². The summed E-state index contributed by atoms with van der Waals surface area (Å²) < 4.78 is 33.4. The molecule has 0 unspecified atom stereocenters. The maximum absolute atomic E-state index is 12.2. The Morgan fingerprint density at radius 3 is 2.31 bits per heavy atom. The molecule has 2 rings (SSSR count). The fourth-order valence-electron chi connectivity index (χ4n) is 2.46. The minimum Gasteiger partial charge on any atom is -0.475 e. The van der Waals surface area contributed by atoms with Gasteiger partial charge in [0.1, 0.15) is 5.69 Å². The summed E-state index contributed by atoms with van der Waals surface area (Å²) in [4.78, 5) is 25.3. The molecule has 0 radical (unpaired) electrons. The molecule has 0 saturated carbocycles. The Bertz CT molecular complexity index is 596. The first-order chi connectivity index (χ1) is 12.0. The third kappa shape index (κ3) is 7.03. The predicted molar refractivity (Wildman–Crippen MR) is 88.7 cm³/mol. The van der Waals surface area contributed by atoms with Crippen molar-refractivity contribution in [2.75, 3.05) is 33.2 Å². The zero-order valence-corrected chi connectivity index (χ0v) is 15.2. The van der Waals surface area contributed by atoms with Gasteiger partial charge < -0.3 is 14.9 Å². The number of likely N-dealkylation sites (N-methyl/N-ethyl adjacent to an activating group) is 1. The Morgan fingerprint density at radius 2 is 1.88 bits per heavy atom. The van der Waals surface area contributed by atoms with Crippen LogP contribution in [0.3, 0.4) is 0 Å². The number of hydrogen-bond acceptors (Lipinski definition) is 4. The summed E-state index contributed by atoms with van der Waals surface area (Å²) in [6, 6.07) is 1.77. The van der Waals surface area contributed by atoms with Crippen LogP contribution in [0.1, 0.15) is 30.3 Å². The second kappa shape index (κ2) is 9.56. The van der Waals surface area contributed by atoms with Crippen molar-refractivity contribution in [3.63, 3.8) is 0 Å². The minimum atomic E-state index is -5.08. The van der Waals surface area contributed by atoms with Crippen molar-refractivity contribution in [3.8, 4) is 0 Å². The highest BCUT2D eigenvalue weighted by Crippen LogP contribution is 2.15. The molecule has 2 heterocycles. The molecule has 1 saturated heterocycles. The van der Waals surface area contributed by atoms with E-state index in [1.165, 1.54) is 12.8 Å². The summed E-state index contributed by atoms with van der Waals surface area (Å²) in [6.45, 7) is 6.38. The van der Waals surface area contributed by atoms with E-state index in [-0.39, 0.29) is 5.91 Å². The number of piperidine rings is 1. The Morgan fingerprint density at radius 1 is 1.35 bits per heavy atom. The van der Waals surface area contributed by atoms with Crippen molar-refractivity contribution in [2.24, 2.45) is 13.0 Å². The highest BCUT2D eigenvalue weighted by atomic mass is 19.4. The highest BCUT2D eigenvalue weighted by molar-refractivity contribution is 5.92. The molecule has 26 heavy (non-hydrogen) atoms. The summed E-state index contributed by atoms with van der Waals surface area (Å²) in [7, 11) is 3.66. The Labute approximate surface area is 150 Å². The molecule has 1 aromatic heterocycles. The van der Waals surface area contributed by atoms with Crippen molar-refractivity contribution in [1.29, 1.82) is 0 Å². The number of carbonyl (C=O) groups is 2. The van der Waals surface area contributed by atoms with Gasteiger partial charge in [-0.2, -0.15) is 18.3 Å². The third-order valence-electron chi connectivity index (χ3n) is 4.26. The number of alkyl halides is 3. The van der Waals surface area contributed by atoms with Gasteiger partial charge in [-0.25, -0.2) is 4.79 Å². The van der Waals surface area contributed by atoms with Gasteiger partial charge in [0.05, 0.1) is 0 Å². The first-order valence-electron chi connectivity index (χ1n) is 8.28. The van der Waals surface area contributed by atoms with Crippen molar-refractivity contribution in [1.82, 2.24) is 19.6 Å². The molecule has 0 spiro atoms. The maximum Gasteiger partial charge on any atom is 0.490 e. The SMILES string of the molecule is CC1CCN(CCN(C)C(=O)c2ccnn2C)CC1.O=C(O)C(F)(F)F. The molecule has 0 aliphatic carbocycles. The molecule has 148 valence electrons. The van der Waals surface area contributed by atoms with Crippen molar-refractivity contribution in [3.05, 3.63) is 18.0 Å². The summed E-state index contributed by atoms with van der Waals surface area (Å²) in [5, 5.41) is 11.2. The quantitative estimate of drug-likeness (QED) is 0.865. The molecule has 7 nitrogen and oxygen atoms in total. The van der Waals surface area contributed by atoms with E-state index < -0.39 is 12.1 Å². The molecule has 1 amide bonds. The van der Waals surface area contributed by atoms with Crippen LogP contribution >= 0.6 is 0 Å². The zero-order chi connectivity index (χ0) is 19.9. The van der Waals surface area contributed by atoms with E-state index >= 15 is 0 Å². The van der Waals surface area contributed by atoms with E-state index in [1.54, 1.807) is 28.9 Å². The van der Waals surface area contributed by atoms with Crippen LogP contribution < -0.4 is 0 Å². The fraction of sp³-hybridized carbons (Fsp3) is 0.688. The molecule has 0 bridgehead atoms. The number of carboxylic acids is 1. The van der Waals surface area contributed by atoms with Gasteiger partial charge in [-0.1, -0.05) is 6.92 Å². The van der Waals surface area contributed by atoms with Crippen LogP contribution in [0.5, 0.6) is 0 Å². The fourth-order valence-corrected chi connectivity index (χ4v) is 2.46. The average molecular weight is 378 g/mol. The second-order valence-corrected chi connectivity index (χ2v) is 6.39. The lowest BCUT2D eigenvalue weighted by Gasteiger charge is -2.31. The van der Waals surface area contributed by atoms with Crippen molar-refractivity contribution < 1.29 is 27.9 Å². The van der Waals surface area contributed by atoms with Crippen LogP contribution in [0.2, 0.25) is 0 Å². The molecule has 1 aliphatic rings. The monoisotopic (exact) mass is 378 g/mol. The number of rotatable bonds is 4. The lowest BCUT2D eigenvalue weighted by Crippen LogP contribution is -2.40. The normalized spacial score (nSPS) is 15.9. The predicted octanol–water partition coefficient (Wildman–Crippen LogP) is 1.86. The van der Waals surface area contributed by atoms with Crippen LogP contribution in [0.25, 0.3) is 0 Å². The second-order valence-electron chi connectivity index (χ2n) is 6.39. The van der Waals surface area contributed by atoms with Crippen LogP contribution in [-0.2, 0) is 11.8 Å². The van der Waals surface area contributed by atoms with E-state index in [2.05, 4.69) is 16.9 Å². The molecule has 0 aromatic carbocycles. The van der Waals surface area contributed by atoms with Gasteiger partial charge in [-0.05, 0) is 37.9 Å². The van der Waals surface area contributed by atoms with Gasteiger partial charge >= 0.3 is 12.1 Å². The largest absolute Gasteiger partial charge is 0.490 e. The Hall–Kier alpha value is -2.10. The van der Waals surface area contributed by atoms with Crippen LogP contribution in [0.4, 0.5) is 13.2 Å². The van der Waals surface area contributed by atoms with Crippen molar-refractivity contribution in [2.45, 2.75) is 25.9 Å². The maximum atomic E-state index is 12.2. The van der Waals surface area contributed by atoms with Gasteiger partial charge in [0.15, 0.2) is 0 Å². The van der Waals surface area contributed by atoms with E-state index in [0.717, 1.165) is 32.1 Å². The molecule has 1 N–H and O–H groups in total. The van der Waals surface area contributed by atoms with E-state index in [1.807, 2.05) is 7.05 Å². The Kier molecular flexibility index (Phi) is 8.07. The molecule has 1 aromatic rings. The standard InChI is InChI=1S/C14H24N4O.C2HF3O2/c1-12-5-8-18(9-6-12)11-10-16(2)14(19)13-4-7-15-17(13)3;3-2(4,5)1(6)7/h4,7,12H,5-6,8-11H2,1-3H3;(H,6,7). The van der Waals surface area contributed by atoms with E-state index in [4.69, 9.17) is 9.90 Å². The number of aryl methyl sites for hydroxylation is 1. The number of aliphatic carboxylic acids is 1. The third-order valence-corrected chi connectivity index (χ3v) is 4.26. The van der Waals surface area contributed by atoms with Crippen LogP contribution in [0.15, 0.2) is 12.3 Å². The smallest absolute Gasteiger partial charge is 0.475 e. The number of carbonyl (C=O) groups excluding carboxylic acids is 1. The lowest BCUT2D eigenvalue weighted by molar-refractivity contribution is -0.192. The number of hydrogen-bond donors (Lipinski definition) is 1. The number of likely N-dealkylation sites (tertiary alicyclic amines) is 1. The summed E-state index contributed by atoms with van der Waals surface area (Å²) in [5.41, 5.74) is 0.648. The van der Waals surface area contributed by atoms with Gasteiger partial charge in [0.2, 0.25) is 0 Å². The summed E-state index contributed by atoms with van der Waals surface area (Å²) in [5.74, 6) is -1.86. The van der Waals surface area contributed by atoms with Gasteiger partial charge in [0.25, 0.3) is 5.91 Å². The molecule has 0 atom stereocenters.